The summed E-state index contributed by atoms with van der Waals surface area (Å²) in [7, 11) is -3.06. The first-order valence-corrected chi connectivity index (χ1v) is 6.07. The summed E-state index contributed by atoms with van der Waals surface area (Å²) in [6.07, 6.45) is -0.446. The van der Waals surface area contributed by atoms with Gasteiger partial charge in [-0.1, -0.05) is 13.8 Å². The van der Waals surface area contributed by atoms with E-state index in [0.717, 1.165) is 0 Å². The number of phosphoric acid groups is 1. The smallest absolute Gasteiger partial charge is 0.265 e. The van der Waals surface area contributed by atoms with Crippen molar-refractivity contribution < 1.29 is 23.6 Å². The molecule has 5 atom stereocenters. The second kappa shape index (κ2) is 4.29. The van der Waals surface area contributed by atoms with E-state index in [1.54, 1.807) is 7.11 Å². The molecule has 5 nitrogen and oxygen atoms in total. The normalized spacial score (nSPS) is 41.5. The molecule has 0 spiro atoms. The molecule has 1 aliphatic rings. The minimum Gasteiger partial charge on any atom is -0.756 e. The van der Waals surface area contributed by atoms with E-state index >= 15 is 0 Å². The maximum absolute atomic E-state index is 10.6. The maximum Gasteiger partial charge on any atom is 0.265 e. The van der Waals surface area contributed by atoms with Gasteiger partial charge in [0.15, 0.2) is 0 Å². The van der Waals surface area contributed by atoms with Crippen LogP contribution in [0.3, 0.4) is 0 Å². The summed E-state index contributed by atoms with van der Waals surface area (Å²) < 4.78 is 20.1. The van der Waals surface area contributed by atoms with Crippen molar-refractivity contribution in [3.8, 4) is 0 Å². The summed E-state index contributed by atoms with van der Waals surface area (Å²) in [5, 5.41) is 0. The first-order valence-electron chi connectivity index (χ1n) is 4.58. The molecule has 0 saturated heterocycles. The summed E-state index contributed by atoms with van der Waals surface area (Å²) in [5.41, 5.74) is 0. The third kappa shape index (κ3) is 2.55. The van der Waals surface area contributed by atoms with Gasteiger partial charge in [-0.2, -0.15) is 0 Å². The number of ether oxygens (including phenoxy) is 1. The zero-order valence-electron chi connectivity index (χ0n) is 8.54. The maximum atomic E-state index is 10.6. The highest BCUT2D eigenvalue weighted by atomic mass is 31.2. The van der Waals surface area contributed by atoms with Gasteiger partial charge in [0.2, 0.25) is 0 Å². The van der Waals surface area contributed by atoms with E-state index in [1.165, 1.54) is 0 Å². The molecule has 0 bridgehead atoms. The molecular formula is C8H16O5P-. The number of rotatable bonds is 4. The van der Waals surface area contributed by atoms with E-state index in [0.29, 0.717) is 12.5 Å². The van der Waals surface area contributed by atoms with E-state index < -0.39 is 13.9 Å². The van der Waals surface area contributed by atoms with Crippen LogP contribution < -0.4 is 4.89 Å². The predicted molar refractivity (Wildman–Crippen MR) is 48.4 cm³/mol. The second-order valence-electron chi connectivity index (χ2n) is 3.88. The minimum atomic E-state index is -4.62. The fraction of sp³-hybridized carbons (Fsp3) is 1.00. The van der Waals surface area contributed by atoms with Gasteiger partial charge < -0.3 is 19.0 Å². The summed E-state index contributed by atoms with van der Waals surface area (Å²) >= 11 is 0. The molecule has 0 aliphatic heterocycles. The van der Waals surface area contributed by atoms with Gasteiger partial charge in [-0.3, -0.25) is 4.57 Å². The predicted octanol–water partition coefficient (Wildman–Crippen LogP) is 0.381. The van der Waals surface area contributed by atoms with Gasteiger partial charge in [0.1, 0.15) is 0 Å². The molecule has 1 N–H and O–H groups in total. The van der Waals surface area contributed by atoms with Crippen molar-refractivity contribution in [3.63, 3.8) is 0 Å². The van der Waals surface area contributed by atoms with Gasteiger partial charge in [-0.25, -0.2) is 0 Å². The van der Waals surface area contributed by atoms with E-state index in [1.807, 2.05) is 13.8 Å². The lowest BCUT2D eigenvalue weighted by atomic mass is 9.64. The first kappa shape index (κ1) is 12.1. The van der Waals surface area contributed by atoms with Crippen molar-refractivity contribution in [2.24, 2.45) is 17.8 Å². The second-order valence-corrected chi connectivity index (χ2v) is 5.02. The van der Waals surface area contributed by atoms with Crippen LogP contribution in [0.1, 0.15) is 13.8 Å². The third-order valence-corrected chi connectivity index (χ3v) is 3.57. The number of hydrogen-bond donors (Lipinski definition) is 1. The van der Waals surface area contributed by atoms with Gasteiger partial charge in [0.05, 0.1) is 12.7 Å². The fourth-order valence-electron chi connectivity index (χ4n) is 2.00. The van der Waals surface area contributed by atoms with E-state index in [9.17, 15) is 9.46 Å². The summed E-state index contributed by atoms with van der Waals surface area (Å²) in [5.74, 6) is 0.528. The minimum absolute atomic E-state index is 0.0458. The van der Waals surface area contributed by atoms with Crippen molar-refractivity contribution in [1.29, 1.82) is 0 Å². The van der Waals surface area contributed by atoms with Crippen molar-refractivity contribution in [1.82, 2.24) is 0 Å². The Balaban J connectivity index is 2.55. The third-order valence-electron chi connectivity index (χ3n) is 3.06. The van der Waals surface area contributed by atoms with Crippen molar-refractivity contribution in [2.75, 3.05) is 13.7 Å². The van der Waals surface area contributed by atoms with E-state index in [-0.39, 0.29) is 11.8 Å². The molecule has 0 aromatic rings. The number of hydrogen-bond acceptors (Lipinski definition) is 4. The number of methoxy groups -OCH3 is 1. The van der Waals surface area contributed by atoms with Crippen molar-refractivity contribution in [3.05, 3.63) is 0 Å². The standard InChI is InChI=1S/C8H17O5P/c1-5-6(2)8(7(5)4-12-3)13-14(9,10)11/h5-8H,4H2,1-3H3,(H2,9,10,11)/p-1/t5?,6?,7-,8+/m0/s1. The van der Waals surface area contributed by atoms with Crippen LogP contribution in [0.4, 0.5) is 0 Å². The van der Waals surface area contributed by atoms with Crippen LogP contribution in [0.2, 0.25) is 0 Å². The largest absolute Gasteiger partial charge is 0.756 e. The van der Waals surface area contributed by atoms with Crippen LogP contribution >= 0.6 is 7.82 Å². The molecule has 3 unspecified atom stereocenters. The van der Waals surface area contributed by atoms with Crippen LogP contribution in [-0.4, -0.2) is 24.7 Å². The van der Waals surface area contributed by atoms with Crippen LogP contribution in [0.15, 0.2) is 0 Å². The summed E-state index contributed by atoms with van der Waals surface area (Å²) in [4.78, 5) is 19.1. The molecule has 1 fully saturated rings. The molecule has 84 valence electrons. The lowest BCUT2D eigenvalue weighted by molar-refractivity contribution is -0.238. The molecule has 0 heterocycles. The highest BCUT2D eigenvalue weighted by Crippen LogP contribution is 2.48. The molecule has 0 amide bonds. The lowest BCUT2D eigenvalue weighted by Gasteiger charge is -2.49. The molecule has 1 saturated carbocycles. The van der Waals surface area contributed by atoms with Crippen LogP contribution in [0.25, 0.3) is 0 Å². The highest BCUT2D eigenvalue weighted by Gasteiger charge is 2.47. The topological polar surface area (TPSA) is 78.8 Å². The van der Waals surface area contributed by atoms with Gasteiger partial charge in [0, 0.05) is 13.0 Å². The quantitative estimate of drug-likeness (QED) is 0.697. The van der Waals surface area contributed by atoms with Crippen molar-refractivity contribution >= 4 is 7.82 Å². The lowest BCUT2D eigenvalue weighted by Crippen LogP contribution is -2.51. The average molecular weight is 223 g/mol. The molecule has 1 rings (SSSR count). The van der Waals surface area contributed by atoms with Gasteiger partial charge in [-0.15, -0.1) is 0 Å². The SMILES string of the molecule is COC[C@H]1C(C)C(C)[C@H]1OP(=O)([O-])O. The van der Waals surface area contributed by atoms with Crippen molar-refractivity contribution in [2.45, 2.75) is 20.0 Å². The van der Waals surface area contributed by atoms with Crippen LogP contribution in [0.5, 0.6) is 0 Å². The van der Waals surface area contributed by atoms with Crippen LogP contribution in [0, 0.1) is 17.8 Å². The van der Waals surface area contributed by atoms with Gasteiger partial charge >= 0.3 is 0 Å². The fourth-order valence-corrected chi connectivity index (χ4v) is 2.66. The Morgan fingerprint density at radius 3 is 2.43 bits per heavy atom. The molecular weight excluding hydrogens is 207 g/mol. The van der Waals surface area contributed by atoms with E-state index in [2.05, 4.69) is 4.52 Å². The Bertz CT molecular complexity index is 238. The number of phosphoric ester groups is 1. The molecule has 1 aliphatic carbocycles. The summed E-state index contributed by atoms with van der Waals surface area (Å²) in [6, 6.07) is 0. The Hall–Kier alpha value is 0.0700. The average Bonchev–Trinajstić information content (AvgIpc) is 2.09. The zero-order chi connectivity index (χ0) is 10.9. The van der Waals surface area contributed by atoms with Gasteiger partial charge in [0.25, 0.3) is 7.82 Å². The Labute approximate surface area is 83.7 Å². The van der Waals surface area contributed by atoms with Crippen LogP contribution in [-0.2, 0) is 13.8 Å². The Kier molecular flexibility index (Phi) is 3.72. The zero-order valence-corrected chi connectivity index (χ0v) is 9.44. The molecule has 0 aromatic heterocycles. The molecule has 0 aromatic carbocycles. The molecule has 0 radical (unpaired) electrons. The molecule has 14 heavy (non-hydrogen) atoms. The highest BCUT2D eigenvalue weighted by molar-refractivity contribution is 7.44. The van der Waals surface area contributed by atoms with E-state index in [4.69, 9.17) is 9.63 Å². The Morgan fingerprint density at radius 1 is 1.43 bits per heavy atom. The first-order chi connectivity index (χ1) is 6.37. The van der Waals surface area contributed by atoms with Gasteiger partial charge in [-0.05, 0) is 11.8 Å². The monoisotopic (exact) mass is 223 g/mol. The summed E-state index contributed by atoms with van der Waals surface area (Å²) in [6.45, 7) is 4.37. The molecule has 6 heteroatoms. The Morgan fingerprint density at radius 2 is 2.00 bits per heavy atom.